The first kappa shape index (κ1) is 12.2. The highest BCUT2D eigenvalue weighted by molar-refractivity contribution is 9.11. The minimum Gasteiger partial charge on any atom is -0.386 e. The Bertz CT molecular complexity index is 596. The Labute approximate surface area is 113 Å². The zero-order valence-electron chi connectivity index (χ0n) is 9.54. The molecule has 2 aromatic rings. The molecule has 0 aliphatic carbocycles. The van der Waals surface area contributed by atoms with Gasteiger partial charge in [-0.25, -0.2) is 0 Å². The molecule has 0 spiro atoms. The van der Waals surface area contributed by atoms with Crippen molar-refractivity contribution in [3.05, 3.63) is 39.2 Å². The molecule has 1 aromatic heterocycles. The molecule has 0 atom stereocenters. The van der Waals surface area contributed by atoms with Gasteiger partial charge in [0.05, 0.1) is 14.4 Å². The number of anilines is 1. The summed E-state index contributed by atoms with van der Waals surface area (Å²) in [6.07, 6.45) is 0. The van der Waals surface area contributed by atoms with E-state index < -0.39 is 0 Å². The number of thiophene rings is 1. The van der Waals surface area contributed by atoms with Gasteiger partial charge in [-0.3, -0.25) is 0 Å². The summed E-state index contributed by atoms with van der Waals surface area (Å²) < 4.78 is 0.877. The van der Waals surface area contributed by atoms with E-state index in [1.54, 1.807) is 11.3 Å². The molecule has 17 heavy (non-hydrogen) atoms. The number of nitrogens with one attached hydrogen (secondary N) is 1. The number of hydrogen-bond acceptors (Lipinski definition) is 3. The monoisotopic (exact) mass is 306 g/mol. The fourth-order valence-corrected chi connectivity index (χ4v) is 3.61. The van der Waals surface area contributed by atoms with Gasteiger partial charge in [-0.2, -0.15) is 5.26 Å². The summed E-state index contributed by atoms with van der Waals surface area (Å²) in [5.74, 6) is 0. The van der Waals surface area contributed by atoms with Crippen LogP contribution in [0.15, 0.2) is 28.1 Å². The maximum atomic E-state index is 9.15. The highest BCUT2D eigenvalue weighted by Crippen LogP contribution is 2.43. The second-order valence-corrected chi connectivity index (χ2v) is 5.97. The molecule has 1 heterocycles. The number of halogens is 1. The van der Waals surface area contributed by atoms with Crippen molar-refractivity contribution in [3.8, 4) is 16.5 Å². The van der Waals surface area contributed by atoms with Gasteiger partial charge in [0, 0.05) is 7.05 Å². The van der Waals surface area contributed by atoms with E-state index in [1.165, 1.54) is 11.1 Å². The first-order chi connectivity index (χ1) is 8.19. The zero-order valence-corrected chi connectivity index (χ0v) is 11.9. The molecule has 1 aromatic carbocycles. The predicted molar refractivity (Wildman–Crippen MR) is 76.5 cm³/mol. The molecule has 0 aliphatic heterocycles. The van der Waals surface area contributed by atoms with Crippen LogP contribution in [0, 0.1) is 18.3 Å². The Kier molecular flexibility index (Phi) is 3.51. The highest BCUT2D eigenvalue weighted by atomic mass is 79.9. The number of benzene rings is 1. The van der Waals surface area contributed by atoms with Gasteiger partial charge >= 0.3 is 0 Å². The van der Waals surface area contributed by atoms with Gasteiger partial charge in [0.1, 0.15) is 11.6 Å². The van der Waals surface area contributed by atoms with E-state index >= 15 is 0 Å². The third kappa shape index (κ3) is 2.08. The van der Waals surface area contributed by atoms with Crippen LogP contribution < -0.4 is 5.32 Å². The molecule has 0 bridgehead atoms. The highest BCUT2D eigenvalue weighted by Gasteiger charge is 2.17. The summed E-state index contributed by atoms with van der Waals surface area (Å²) in [6, 6.07) is 10.4. The predicted octanol–water partition coefficient (Wildman–Crippen LogP) is 4.40. The molecule has 2 nitrogen and oxygen atoms in total. The molecule has 0 saturated carbocycles. The third-order valence-corrected chi connectivity index (χ3v) is 4.51. The van der Waals surface area contributed by atoms with E-state index in [4.69, 9.17) is 5.26 Å². The Hall–Kier alpha value is -1.31. The smallest absolute Gasteiger partial charge is 0.103 e. The number of nitriles is 1. The molecule has 4 heteroatoms. The summed E-state index contributed by atoms with van der Waals surface area (Å²) in [7, 11) is 1.84. The Morgan fingerprint density at radius 3 is 2.65 bits per heavy atom. The standard InChI is InChI=1S/C13H11BrN2S/c1-8-5-3-4-6-9(8)12-11(16-2)10(7-15)13(14)17-12/h3-6,16H,1-2H3. The molecule has 2 rings (SSSR count). The zero-order chi connectivity index (χ0) is 12.4. The van der Waals surface area contributed by atoms with Crippen molar-refractivity contribution in [2.24, 2.45) is 0 Å². The summed E-state index contributed by atoms with van der Waals surface area (Å²) in [5, 5.41) is 12.3. The van der Waals surface area contributed by atoms with Gasteiger partial charge in [0.15, 0.2) is 0 Å². The topological polar surface area (TPSA) is 35.8 Å². The lowest BCUT2D eigenvalue weighted by atomic mass is 10.1. The average Bonchev–Trinajstić information content (AvgIpc) is 2.65. The average molecular weight is 307 g/mol. The van der Waals surface area contributed by atoms with Crippen LogP contribution in [0.2, 0.25) is 0 Å². The van der Waals surface area contributed by atoms with Gasteiger partial charge in [-0.1, -0.05) is 24.3 Å². The normalized spacial score (nSPS) is 10.0. The maximum Gasteiger partial charge on any atom is 0.103 e. The van der Waals surface area contributed by atoms with Crippen LogP contribution in [0.5, 0.6) is 0 Å². The first-order valence-corrected chi connectivity index (χ1v) is 6.76. The van der Waals surface area contributed by atoms with Crippen molar-refractivity contribution in [2.45, 2.75) is 6.92 Å². The fourth-order valence-electron chi connectivity index (χ4n) is 1.76. The number of hydrogen-bond donors (Lipinski definition) is 1. The van der Waals surface area contributed by atoms with Gasteiger partial charge in [-0.15, -0.1) is 11.3 Å². The van der Waals surface area contributed by atoms with Gasteiger partial charge in [0.2, 0.25) is 0 Å². The quantitative estimate of drug-likeness (QED) is 0.892. The Balaban J connectivity index is 2.69. The van der Waals surface area contributed by atoms with E-state index in [2.05, 4.69) is 46.4 Å². The Morgan fingerprint density at radius 1 is 1.35 bits per heavy atom. The summed E-state index contributed by atoms with van der Waals surface area (Å²) in [5.41, 5.74) is 3.96. The molecular formula is C13H11BrN2S. The molecular weight excluding hydrogens is 296 g/mol. The van der Waals surface area contributed by atoms with Gasteiger partial charge in [0.25, 0.3) is 0 Å². The Morgan fingerprint density at radius 2 is 2.06 bits per heavy atom. The minimum atomic E-state index is 0.677. The van der Waals surface area contributed by atoms with Crippen molar-refractivity contribution < 1.29 is 0 Å². The fraction of sp³-hybridized carbons (Fsp3) is 0.154. The molecule has 0 amide bonds. The van der Waals surface area contributed by atoms with Crippen molar-refractivity contribution in [3.63, 3.8) is 0 Å². The van der Waals surface area contributed by atoms with E-state index in [0.29, 0.717) is 5.56 Å². The first-order valence-electron chi connectivity index (χ1n) is 5.15. The van der Waals surface area contributed by atoms with Crippen molar-refractivity contribution in [1.29, 1.82) is 5.26 Å². The van der Waals surface area contributed by atoms with Crippen LogP contribution in [0.4, 0.5) is 5.69 Å². The molecule has 0 fully saturated rings. The van der Waals surface area contributed by atoms with Crippen LogP contribution in [0.25, 0.3) is 10.4 Å². The lowest BCUT2D eigenvalue weighted by molar-refractivity contribution is 1.45. The minimum absolute atomic E-state index is 0.677. The van der Waals surface area contributed by atoms with E-state index in [9.17, 15) is 0 Å². The maximum absolute atomic E-state index is 9.15. The largest absolute Gasteiger partial charge is 0.386 e. The number of nitrogens with zero attached hydrogens (tertiary/aromatic N) is 1. The third-order valence-electron chi connectivity index (χ3n) is 2.62. The summed E-state index contributed by atoms with van der Waals surface area (Å²) >= 11 is 5.04. The second kappa shape index (κ2) is 4.91. The lowest BCUT2D eigenvalue weighted by Gasteiger charge is -2.06. The summed E-state index contributed by atoms with van der Waals surface area (Å²) in [4.78, 5) is 1.11. The molecule has 0 saturated heterocycles. The van der Waals surface area contributed by atoms with Crippen molar-refractivity contribution >= 4 is 33.0 Å². The van der Waals surface area contributed by atoms with E-state index in [1.807, 2.05) is 19.2 Å². The SMILES string of the molecule is CNc1c(-c2ccccc2C)sc(Br)c1C#N. The molecule has 0 aliphatic rings. The van der Waals surface area contributed by atoms with Crippen LogP contribution >= 0.6 is 27.3 Å². The van der Waals surface area contributed by atoms with Crippen molar-refractivity contribution in [1.82, 2.24) is 0 Å². The molecule has 0 unspecified atom stereocenters. The van der Waals surface area contributed by atoms with Gasteiger partial charge in [-0.05, 0) is 34.0 Å². The van der Waals surface area contributed by atoms with Crippen LogP contribution in [-0.2, 0) is 0 Å². The molecule has 0 radical (unpaired) electrons. The van der Waals surface area contributed by atoms with Crippen LogP contribution in [-0.4, -0.2) is 7.05 Å². The molecule has 1 N–H and O–H groups in total. The molecule has 86 valence electrons. The van der Waals surface area contributed by atoms with Crippen LogP contribution in [0.3, 0.4) is 0 Å². The lowest BCUT2D eigenvalue weighted by Crippen LogP contribution is -1.91. The van der Waals surface area contributed by atoms with Crippen molar-refractivity contribution in [2.75, 3.05) is 12.4 Å². The van der Waals surface area contributed by atoms with Gasteiger partial charge < -0.3 is 5.32 Å². The second-order valence-electron chi connectivity index (χ2n) is 3.63. The van der Waals surface area contributed by atoms with Crippen LogP contribution in [0.1, 0.15) is 11.1 Å². The summed E-state index contributed by atoms with van der Waals surface area (Å²) in [6.45, 7) is 2.08. The number of aryl methyl sites for hydroxylation is 1. The van der Waals surface area contributed by atoms with E-state index in [-0.39, 0.29) is 0 Å². The van der Waals surface area contributed by atoms with E-state index in [0.717, 1.165) is 14.4 Å². The number of rotatable bonds is 2.